The van der Waals surface area contributed by atoms with E-state index in [0.717, 1.165) is 18.0 Å². The maximum atomic E-state index is 5.51. The number of nitrogens with zero attached hydrogens (tertiary/aromatic N) is 2. The van der Waals surface area contributed by atoms with Gasteiger partial charge in [0.15, 0.2) is 11.5 Å². The molecule has 4 heteroatoms. The van der Waals surface area contributed by atoms with Crippen LogP contribution in [0.25, 0.3) is 0 Å². The van der Waals surface area contributed by atoms with E-state index in [1.165, 1.54) is 31.5 Å². The lowest BCUT2D eigenvalue weighted by atomic mass is 10.0. The van der Waals surface area contributed by atoms with Gasteiger partial charge < -0.3 is 14.4 Å². The number of likely N-dealkylation sites (tertiary alicyclic amines) is 1. The fraction of sp³-hybridized carbons (Fsp3) is 0.625. The summed E-state index contributed by atoms with van der Waals surface area (Å²) in [6.45, 7) is 3.27. The highest BCUT2D eigenvalue weighted by atomic mass is 16.5. The fourth-order valence-electron chi connectivity index (χ4n) is 2.91. The molecule has 0 saturated carbocycles. The van der Waals surface area contributed by atoms with Gasteiger partial charge in [-0.1, -0.05) is 12.1 Å². The second-order valence-electron chi connectivity index (χ2n) is 5.60. The van der Waals surface area contributed by atoms with Crippen LogP contribution in [0.4, 0.5) is 0 Å². The average Bonchev–Trinajstić information content (AvgIpc) is 2.47. The largest absolute Gasteiger partial charge is 0.493 e. The number of benzene rings is 1. The van der Waals surface area contributed by atoms with Crippen molar-refractivity contribution in [3.05, 3.63) is 23.8 Å². The van der Waals surface area contributed by atoms with Gasteiger partial charge in [0.1, 0.15) is 0 Å². The van der Waals surface area contributed by atoms with Crippen LogP contribution in [-0.2, 0) is 6.54 Å². The predicted molar refractivity (Wildman–Crippen MR) is 81.5 cm³/mol. The molecule has 1 aromatic rings. The molecular formula is C16H26N2O2. The van der Waals surface area contributed by atoms with Crippen LogP contribution in [0.15, 0.2) is 18.2 Å². The van der Waals surface area contributed by atoms with E-state index in [4.69, 9.17) is 9.47 Å². The van der Waals surface area contributed by atoms with Gasteiger partial charge in [0.25, 0.3) is 0 Å². The van der Waals surface area contributed by atoms with Crippen molar-refractivity contribution in [1.82, 2.24) is 9.80 Å². The number of piperidine rings is 1. The van der Waals surface area contributed by atoms with Crippen LogP contribution < -0.4 is 9.47 Å². The Morgan fingerprint density at radius 2 is 1.90 bits per heavy atom. The fourth-order valence-corrected chi connectivity index (χ4v) is 2.91. The van der Waals surface area contributed by atoms with Crippen LogP contribution in [0.5, 0.6) is 11.5 Å². The van der Waals surface area contributed by atoms with Crippen LogP contribution >= 0.6 is 0 Å². The first-order chi connectivity index (χ1) is 9.65. The average molecular weight is 278 g/mol. The predicted octanol–water partition coefficient (Wildman–Crippen LogP) is 2.23. The highest BCUT2D eigenvalue weighted by Gasteiger charge is 2.21. The molecule has 0 radical (unpaired) electrons. The van der Waals surface area contributed by atoms with Crippen molar-refractivity contribution < 1.29 is 9.47 Å². The summed E-state index contributed by atoms with van der Waals surface area (Å²) >= 11 is 0. The van der Waals surface area contributed by atoms with Gasteiger partial charge in [0, 0.05) is 18.2 Å². The molecule has 0 unspecified atom stereocenters. The second kappa shape index (κ2) is 6.95. The molecule has 1 fully saturated rings. The molecule has 2 rings (SSSR count). The Labute approximate surface area is 122 Å². The SMILES string of the molecule is COc1cccc(CN(C)C2CCN(C)CC2)c1OC. The van der Waals surface area contributed by atoms with E-state index in [-0.39, 0.29) is 0 Å². The number of hydrogen-bond donors (Lipinski definition) is 0. The van der Waals surface area contributed by atoms with E-state index in [0.29, 0.717) is 6.04 Å². The molecule has 20 heavy (non-hydrogen) atoms. The van der Waals surface area contributed by atoms with Gasteiger partial charge >= 0.3 is 0 Å². The first-order valence-corrected chi connectivity index (χ1v) is 7.24. The summed E-state index contributed by atoms with van der Waals surface area (Å²) in [4.78, 5) is 4.83. The van der Waals surface area contributed by atoms with Gasteiger partial charge in [-0.05, 0) is 46.1 Å². The van der Waals surface area contributed by atoms with Crippen molar-refractivity contribution in [2.24, 2.45) is 0 Å². The van der Waals surface area contributed by atoms with Crippen LogP contribution in [0, 0.1) is 0 Å². The molecule has 1 aromatic carbocycles. The minimum Gasteiger partial charge on any atom is -0.493 e. The zero-order valence-corrected chi connectivity index (χ0v) is 13.1. The summed E-state index contributed by atoms with van der Waals surface area (Å²) in [6, 6.07) is 6.74. The first kappa shape index (κ1) is 15.1. The third-order valence-corrected chi connectivity index (χ3v) is 4.22. The lowest BCUT2D eigenvalue weighted by Crippen LogP contribution is -2.41. The molecular weight excluding hydrogens is 252 g/mol. The van der Waals surface area contributed by atoms with Crippen LogP contribution in [0.2, 0.25) is 0 Å². The van der Waals surface area contributed by atoms with Gasteiger partial charge in [-0.15, -0.1) is 0 Å². The third kappa shape index (κ3) is 3.44. The van der Waals surface area contributed by atoms with Crippen molar-refractivity contribution in [2.45, 2.75) is 25.4 Å². The molecule has 0 amide bonds. The zero-order valence-electron chi connectivity index (χ0n) is 13.1. The molecule has 0 atom stereocenters. The highest BCUT2D eigenvalue weighted by molar-refractivity contribution is 5.46. The van der Waals surface area contributed by atoms with Gasteiger partial charge in [-0.2, -0.15) is 0 Å². The van der Waals surface area contributed by atoms with E-state index in [2.05, 4.69) is 30.0 Å². The highest BCUT2D eigenvalue weighted by Crippen LogP contribution is 2.32. The molecule has 0 bridgehead atoms. The summed E-state index contributed by atoms with van der Waals surface area (Å²) in [5.41, 5.74) is 1.19. The van der Waals surface area contributed by atoms with Crippen LogP contribution in [-0.4, -0.2) is 57.2 Å². The Morgan fingerprint density at radius 3 is 2.50 bits per heavy atom. The van der Waals surface area contributed by atoms with E-state index in [1.54, 1.807) is 14.2 Å². The summed E-state index contributed by atoms with van der Waals surface area (Å²) in [5, 5.41) is 0. The number of hydrogen-bond acceptors (Lipinski definition) is 4. The number of ether oxygens (including phenoxy) is 2. The summed E-state index contributed by atoms with van der Waals surface area (Å²) in [5.74, 6) is 1.66. The molecule has 0 N–H and O–H groups in total. The maximum absolute atomic E-state index is 5.51. The second-order valence-corrected chi connectivity index (χ2v) is 5.60. The van der Waals surface area contributed by atoms with Crippen LogP contribution in [0.1, 0.15) is 18.4 Å². The lowest BCUT2D eigenvalue weighted by molar-refractivity contribution is 0.138. The Morgan fingerprint density at radius 1 is 1.20 bits per heavy atom. The van der Waals surface area contributed by atoms with E-state index in [9.17, 15) is 0 Å². The molecule has 0 aromatic heterocycles. The zero-order chi connectivity index (χ0) is 14.5. The first-order valence-electron chi connectivity index (χ1n) is 7.24. The molecule has 1 saturated heterocycles. The van der Waals surface area contributed by atoms with E-state index >= 15 is 0 Å². The van der Waals surface area contributed by atoms with Crippen LogP contribution in [0.3, 0.4) is 0 Å². The van der Waals surface area contributed by atoms with Crippen molar-refractivity contribution in [3.63, 3.8) is 0 Å². The smallest absolute Gasteiger partial charge is 0.165 e. The van der Waals surface area contributed by atoms with Gasteiger partial charge in [-0.3, -0.25) is 4.90 Å². The van der Waals surface area contributed by atoms with E-state index < -0.39 is 0 Å². The number of methoxy groups -OCH3 is 2. The van der Waals surface area contributed by atoms with E-state index in [1.807, 2.05) is 12.1 Å². The normalized spacial score (nSPS) is 17.4. The topological polar surface area (TPSA) is 24.9 Å². The van der Waals surface area contributed by atoms with Crippen molar-refractivity contribution in [2.75, 3.05) is 41.4 Å². The molecule has 1 heterocycles. The number of para-hydroxylation sites is 1. The minimum atomic E-state index is 0.655. The Balaban J connectivity index is 2.05. The summed E-state index contributed by atoms with van der Waals surface area (Å²) in [6.07, 6.45) is 2.47. The van der Waals surface area contributed by atoms with Crippen molar-refractivity contribution in [3.8, 4) is 11.5 Å². The molecule has 1 aliphatic rings. The number of rotatable bonds is 5. The van der Waals surface area contributed by atoms with Crippen molar-refractivity contribution >= 4 is 0 Å². The standard InChI is InChI=1S/C16H26N2O2/c1-17-10-8-14(9-11-17)18(2)12-13-6-5-7-15(19-3)16(13)20-4/h5-7,14H,8-12H2,1-4H3. The molecule has 0 spiro atoms. The summed E-state index contributed by atoms with van der Waals surface area (Å²) in [7, 11) is 7.79. The minimum absolute atomic E-state index is 0.655. The van der Waals surface area contributed by atoms with Gasteiger partial charge in [-0.25, -0.2) is 0 Å². The third-order valence-electron chi connectivity index (χ3n) is 4.22. The lowest BCUT2D eigenvalue weighted by Gasteiger charge is -2.35. The quantitative estimate of drug-likeness (QED) is 0.824. The Bertz CT molecular complexity index is 428. The summed E-state index contributed by atoms with van der Waals surface area (Å²) < 4.78 is 10.9. The molecule has 112 valence electrons. The Hall–Kier alpha value is -1.26. The Kier molecular flexibility index (Phi) is 5.26. The van der Waals surface area contributed by atoms with Gasteiger partial charge in [0.05, 0.1) is 14.2 Å². The monoisotopic (exact) mass is 278 g/mol. The van der Waals surface area contributed by atoms with Crippen molar-refractivity contribution in [1.29, 1.82) is 0 Å². The molecule has 1 aliphatic heterocycles. The molecule has 4 nitrogen and oxygen atoms in total. The molecule has 0 aliphatic carbocycles. The van der Waals surface area contributed by atoms with Gasteiger partial charge in [0.2, 0.25) is 0 Å². The maximum Gasteiger partial charge on any atom is 0.165 e.